The van der Waals surface area contributed by atoms with Crippen molar-refractivity contribution in [3.63, 3.8) is 0 Å². The van der Waals surface area contributed by atoms with Crippen LogP contribution >= 0.6 is 0 Å². The number of carbonyl (C=O) groups excluding carboxylic acids is 3. The summed E-state index contributed by atoms with van der Waals surface area (Å²) in [6, 6.07) is 29.6. The van der Waals surface area contributed by atoms with E-state index in [1.54, 1.807) is 53.7 Å². The van der Waals surface area contributed by atoms with Crippen LogP contribution in [0.1, 0.15) is 136 Å². The molecule has 1 amide bonds. The van der Waals surface area contributed by atoms with Crippen molar-refractivity contribution in [2.75, 3.05) is 13.2 Å². The van der Waals surface area contributed by atoms with E-state index in [4.69, 9.17) is 25.3 Å². The van der Waals surface area contributed by atoms with Gasteiger partial charge >= 0.3 is 17.9 Å². The van der Waals surface area contributed by atoms with Crippen LogP contribution in [0.15, 0.2) is 143 Å². The van der Waals surface area contributed by atoms with E-state index in [9.17, 15) is 56.5 Å². The van der Waals surface area contributed by atoms with E-state index in [1.165, 1.54) is 130 Å². The van der Waals surface area contributed by atoms with Crippen LogP contribution in [0.3, 0.4) is 0 Å². The highest BCUT2D eigenvalue weighted by Gasteiger charge is 2.22. The monoisotopic (exact) mass is 1170 g/mol. The zero-order valence-corrected chi connectivity index (χ0v) is 47.9. The Bertz CT molecular complexity index is 3730. The highest BCUT2D eigenvalue weighted by Crippen LogP contribution is 2.22. The molecule has 2 heterocycles. The molecule has 0 saturated heterocycles. The van der Waals surface area contributed by atoms with Gasteiger partial charge in [0.2, 0.25) is 0 Å². The van der Waals surface area contributed by atoms with Crippen LogP contribution in [0, 0.1) is 23.3 Å². The Balaban J connectivity index is 0.000000236. The molecule has 2 aromatic heterocycles. The molecule has 0 aliphatic rings. The van der Waals surface area contributed by atoms with Gasteiger partial charge in [0.1, 0.15) is 46.1 Å². The van der Waals surface area contributed by atoms with Crippen LogP contribution in [-0.4, -0.2) is 82.7 Å². The maximum atomic E-state index is 13.6. The summed E-state index contributed by atoms with van der Waals surface area (Å²) in [5, 5.41) is 31.0. The molecule has 448 valence electrons. The fourth-order valence-corrected chi connectivity index (χ4v) is 8.66. The van der Waals surface area contributed by atoms with Crippen molar-refractivity contribution in [3.05, 3.63) is 211 Å². The third kappa shape index (κ3) is 19.1. The first kappa shape index (κ1) is 65.2. The number of ether oxygens (including phenoxy) is 2. The summed E-state index contributed by atoms with van der Waals surface area (Å²) in [5.41, 5.74) is 6.54. The van der Waals surface area contributed by atoms with E-state index < -0.39 is 59.2 Å². The maximum absolute atomic E-state index is 13.6. The smallest absolute Gasteiger partial charge is 0.335 e. The van der Waals surface area contributed by atoms with Crippen molar-refractivity contribution in [2.24, 2.45) is 5.73 Å². The van der Waals surface area contributed by atoms with Crippen molar-refractivity contribution in [1.82, 2.24) is 24.4 Å². The summed E-state index contributed by atoms with van der Waals surface area (Å²) in [6.07, 6.45) is 3.24. The van der Waals surface area contributed by atoms with Gasteiger partial charge in [-0.1, -0.05) is 24.3 Å². The number of benzene rings is 6. The van der Waals surface area contributed by atoms with Gasteiger partial charge in [0, 0.05) is 31.2 Å². The van der Waals surface area contributed by atoms with Crippen molar-refractivity contribution < 1.29 is 61.5 Å². The summed E-state index contributed by atoms with van der Waals surface area (Å²) < 4.78 is 66.2. The third-order valence-electron chi connectivity index (χ3n) is 12.7. The van der Waals surface area contributed by atoms with Gasteiger partial charge in [0.25, 0.3) is 17.0 Å². The molecule has 0 fully saturated rings. The van der Waals surface area contributed by atoms with Crippen LogP contribution in [0.5, 0.6) is 0 Å². The molecule has 8 aromatic rings. The number of aliphatic hydroxyl groups is 2. The summed E-state index contributed by atoms with van der Waals surface area (Å²) in [4.78, 5) is 84.6. The molecular weight excluding hydrogens is 1100 g/mol. The fraction of sp³-hybridized carbons (Fsp3) is 0.312. The van der Waals surface area contributed by atoms with Gasteiger partial charge in [-0.05, 0) is 188 Å². The average molecular weight is 1170 g/mol. The molecular formula is C64H68F4N6O11. The van der Waals surface area contributed by atoms with Gasteiger partial charge in [-0.2, -0.15) is 0 Å². The second kappa shape index (κ2) is 29.6. The Kier molecular flexibility index (Phi) is 22.7. The van der Waals surface area contributed by atoms with Crippen LogP contribution in [-0.2, 0) is 31.9 Å². The predicted octanol–water partition coefficient (Wildman–Crippen LogP) is 10.3. The minimum atomic E-state index is -1.12. The number of nitrogens with two attached hydrogens (primary N) is 1. The second-order valence-electron chi connectivity index (χ2n) is 21.7. The summed E-state index contributed by atoms with van der Waals surface area (Å²) in [5.74, 6) is -3.06. The lowest BCUT2D eigenvalue weighted by Gasteiger charge is -2.19. The average Bonchev–Trinajstić information content (AvgIpc) is 3.05. The quantitative estimate of drug-likeness (QED) is 0.0287. The number of aromatic nitrogens is 4. The zero-order chi connectivity index (χ0) is 62.2. The second-order valence-corrected chi connectivity index (χ2v) is 21.7. The number of nitrogens with zero attached hydrogens (tertiary/aromatic N) is 4. The highest BCUT2D eigenvalue weighted by atomic mass is 19.1. The first-order valence-electron chi connectivity index (χ1n) is 27.3. The topological polar surface area (TPSA) is 255 Å². The Hall–Kier alpha value is -8.92. The molecule has 8 rings (SSSR count). The van der Waals surface area contributed by atoms with E-state index in [1.807, 2.05) is 0 Å². The minimum absolute atomic E-state index is 0.0276. The number of aliphatic hydroxyl groups excluding tert-OH is 2. The fourth-order valence-electron chi connectivity index (χ4n) is 8.66. The largest absolute Gasteiger partial charge is 0.478 e. The Morgan fingerprint density at radius 2 is 0.918 bits per heavy atom. The van der Waals surface area contributed by atoms with E-state index in [-0.39, 0.29) is 81.3 Å². The number of halogens is 4. The Morgan fingerprint density at radius 1 is 0.541 bits per heavy atom. The number of carboxylic acid groups (broad SMARTS) is 1. The molecule has 0 saturated carbocycles. The number of esters is 2. The zero-order valence-electron chi connectivity index (χ0n) is 47.9. The molecule has 0 bridgehead atoms. The summed E-state index contributed by atoms with van der Waals surface area (Å²) in [7, 11) is 0. The molecule has 2 atom stereocenters. The molecule has 6 N–H and O–H groups in total. The molecule has 0 aliphatic carbocycles. The van der Waals surface area contributed by atoms with Crippen LogP contribution in [0.25, 0.3) is 33.2 Å². The number of hydrogen-bond donors (Lipinski definition) is 5. The van der Waals surface area contributed by atoms with Gasteiger partial charge < -0.3 is 35.8 Å². The first-order valence-corrected chi connectivity index (χ1v) is 27.3. The van der Waals surface area contributed by atoms with Gasteiger partial charge in [0.15, 0.2) is 0 Å². The summed E-state index contributed by atoms with van der Waals surface area (Å²) >= 11 is 0. The standard InChI is InChI=1S/C32H33F2N3O5.C24H25FN2O5.C8H10FNO/c1-32(2,3)42-29(39)7-5-4-6-28-35-26-18-21(30(40)36-27(19-38)20-8-11-22(33)12-9-20)10-17-25(26)31(41)37(28)24-15-13-23(34)14-16-24;1-24(2,3)32-21(28)7-5-4-6-20-26-19-14-15(23(30)31)8-13-18(19)22(29)27(20)17-11-9-16(25)10-12-17;9-7-3-1-6(2-4-7)8(10)5-11/h8-18,27,38H,4-7,19H2,1-3H3,(H,36,40);8-14H,4-7H2,1-3H3,(H,30,31);1-4,8,11H,5,10H2/t27-;;8-/m0.0/s1. The van der Waals surface area contributed by atoms with Crippen molar-refractivity contribution in [3.8, 4) is 11.4 Å². The van der Waals surface area contributed by atoms with E-state index >= 15 is 0 Å². The van der Waals surface area contributed by atoms with Crippen LogP contribution in [0.2, 0.25) is 0 Å². The Labute approximate surface area is 487 Å². The number of aryl methyl sites for hydroxylation is 2. The lowest BCUT2D eigenvalue weighted by Crippen LogP contribution is -2.31. The summed E-state index contributed by atoms with van der Waals surface area (Å²) in [6.45, 7) is 10.3. The molecule has 0 unspecified atom stereocenters. The van der Waals surface area contributed by atoms with Crippen LogP contribution in [0.4, 0.5) is 17.6 Å². The lowest BCUT2D eigenvalue weighted by atomic mass is 10.1. The molecule has 85 heavy (non-hydrogen) atoms. The Morgan fingerprint density at radius 3 is 1.29 bits per heavy atom. The maximum Gasteiger partial charge on any atom is 0.335 e. The number of amides is 1. The lowest BCUT2D eigenvalue weighted by molar-refractivity contribution is -0.156. The van der Waals surface area contributed by atoms with Gasteiger partial charge in [-0.3, -0.25) is 33.1 Å². The van der Waals surface area contributed by atoms with Gasteiger partial charge in [-0.15, -0.1) is 0 Å². The molecule has 21 heteroatoms. The van der Waals surface area contributed by atoms with Crippen molar-refractivity contribution in [1.29, 1.82) is 0 Å². The van der Waals surface area contributed by atoms with E-state index in [2.05, 4.69) is 10.3 Å². The number of carboxylic acids is 1. The number of aromatic carboxylic acids is 1. The van der Waals surface area contributed by atoms with E-state index in [0.29, 0.717) is 67.1 Å². The molecule has 0 radical (unpaired) electrons. The number of carbonyl (C=O) groups is 4. The van der Waals surface area contributed by atoms with Crippen LogP contribution < -0.4 is 22.2 Å². The normalized spacial score (nSPS) is 12.1. The number of hydrogen-bond acceptors (Lipinski definition) is 13. The number of nitrogens with one attached hydrogen (secondary N) is 1. The molecule has 0 spiro atoms. The van der Waals surface area contributed by atoms with E-state index in [0.717, 1.165) is 5.56 Å². The third-order valence-corrected chi connectivity index (χ3v) is 12.7. The SMILES string of the molecule is CC(C)(C)OC(=O)CCCCc1nc2cc(C(=O)N[C@@H](CO)c3ccc(F)cc3)ccc2c(=O)n1-c1ccc(F)cc1.CC(C)(C)OC(=O)CCCCc1nc2cc(C(=O)O)ccc2c(=O)n1-c1ccc(F)cc1.N[C@@H](CO)c1ccc(F)cc1. The van der Waals surface area contributed by atoms with Crippen molar-refractivity contribution in [2.45, 2.75) is 116 Å². The predicted molar refractivity (Wildman–Crippen MR) is 312 cm³/mol. The van der Waals surface area contributed by atoms with Gasteiger partial charge in [0.05, 0.1) is 64.0 Å². The minimum Gasteiger partial charge on any atom is -0.478 e. The number of fused-ring (bicyclic) bond motifs is 2. The van der Waals surface area contributed by atoms with Gasteiger partial charge in [-0.25, -0.2) is 32.3 Å². The first-order chi connectivity index (χ1) is 40.2. The molecule has 17 nitrogen and oxygen atoms in total. The number of rotatable bonds is 19. The molecule has 0 aliphatic heterocycles. The van der Waals surface area contributed by atoms with Crippen molar-refractivity contribution >= 4 is 45.6 Å². The highest BCUT2D eigenvalue weighted by molar-refractivity contribution is 5.98. The molecule has 6 aromatic carbocycles. The number of unbranched alkanes of at least 4 members (excludes halogenated alkanes) is 2.